The van der Waals surface area contributed by atoms with E-state index in [4.69, 9.17) is 5.84 Å². The lowest BCUT2D eigenvalue weighted by molar-refractivity contribution is 0.515. The van der Waals surface area contributed by atoms with Gasteiger partial charge in [0.25, 0.3) is 0 Å². The second-order valence-electron chi connectivity index (χ2n) is 3.76. The fraction of sp³-hybridized carbons (Fsp3) is 0.600. The van der Waals surface area contributed by atoms with Gasteiger partial charge in [-0.2, -0.15) is 0 Å². The van der Waals surface area contributed by atoms with Gasteiger partial charge in [-0.1, -0.05) is 19.3 Å². The maximum Gasteiger partial charge on any atom is 0.144 e. The summed E-state index contributed by atoms with van der Waals surface area (Å²) in [7, 11) is 0. The molecule has 0 amide bonds. The number of hydrogen-bond donors (Lipinski definition) is 2. The molecule has 0 saturated heterocycles. The van der Waals surface area contributed by atoms with Crippen LogP contribution in [-0.2, 0) is 0 Å². The SMILES string of the molecule is NNc1cc(SC2CCCCC2)ncn1. The minimum Gasteiger partial charge on any atom is -0.308 e. The van der Waals surface area contributed by atoms with Crippen molar-refractivity contribution in [2.75, 3.05) is 5.43 Å². The van der Waals surface area contributed by atoms with Crippen molar-refractivity contribution in [3.63, 3.8) is 0 Å². The molecule has 1 aliphatic rings. The van der Waals surface area contributed by atoms with Crippen molar-refractivity contribution >= 4 is 17.6 Å². The van der Waals surface area contributed by atoms with Crippen LogP contribution in [0.2, 0.25) is 0 Å². The van der Waals surface area contributed by atoms with Gasteiger partial charge >= 0.3 is 0 Å². The Hall–Kier alpha value is -0.810. The number of hydrazine groups is 1. The Balaban J connectivity index is 1.96. The van der Waals surface area contributed by atoms with Crippen LogP contribution in [0.3, 0.4) is 0 Å². The largest absolute Gasteiger partial charge is 0.308 e. The molecule has 4 nitrogen and oxygen atoms in total. The predicted octanol–water partition coefficient (Wildman–Crippen LogP) is 2.19. The Morgan fingerprint density at radius 1 is 1.27 bits per heavy atom. The molecule has 1 saturated carbocycles. The first-order valence-electron chi connectivity index (χ1n) is 5.34. The summed E-state index contributed by atoms with van der Waals surface area (Å²) in [6.45, 7) is 0. The number of nitrogens with zero attached hydrogens (tertiary/aromatic N) is 2. The van der Waals surface area contributed by atoms with Crippen molar-refractivity contribution in [1.82, 2.24) is 9.97 Å². The van der Waals surface area contributed by atoms with Gasteiger partial charge in [-0.25, -0.2) is 15.8 Å². The molecule has 1 heterocycles. The van der Waals surface area contributed by atoms with Gasteiger partial charge in [0.05, 0.1) is 0 Å². The standard InChI is InChI=1S/C10H16N4S/c11-14-9-6-10(13-7-12-9)15-8-4-2-1-3-5-8/h6-8H,1-5,11H2,(H,12,13,14). The Morgan fingerprint density at radius 3 is 2.80 bits per heavy atom. The minimum absolute atomic E-state index is 0.684. The molecule has 0 aromatic carbocycles. The molecule has 1 aliphatic carbocycles. The molecule has 5 heteroatoms. The molecular formula is C10H16N4S. The molecular weight excluding hydrogens is 208 g/mol. The quantitative estimate of drug-likeness (QED) is 0.468. The highest BCUT2D eigenvalue weighted by Crippen LogP contribution is 2.32. The van der Waals surface area contributed by atoms with Crippen LogP contribution < -0.4 is 11.3 Å². The van der Waals surface area contributed by atoms with Gasteiger partial charge in [-0.05, 0) is 12.8 Å². The summed E-state index contributed by atoms with van der Waals surface area (Å²) in [6.07, 6.45) is 8.26. The van der Waals surface area contributed by atoms with E-state index in [1.807, 2.05) is 17.8 Å². The molecule has 1 fully saturated rings. The van der Waals surface area contributed by atoms with Crippen molar-refractivity contribution < 1.29 is 0 Å². The summed E-state index contributed by atoms with van der Waals surface area (Å²) in [6, 6.07) is 1.90. The Kier molecular flexibility index (Phi) is 3.80. The van der Waals surface area contributed by atoms with Gasteiger partial charge in [0.15, 0.2) is 0 Å². The smallest absolute Gasteiger partial charge is 0.144 e. The lowest BCUT2D eigenvalue weighted by Crippen LogP contribution is -2.10. The average Bonchev–Trinajstić information content (AvgIpc) is 2.31. The molecule has 0 unspecified atom stereocenters. The molecule has 1 aromatic heterocycles. The predicted molar refractivity (Wildman–Crippen MR) is 62.6 cm³/mol. The van der Waals surface area contributed by atoms with E-state index in [9.17, 15) is 0 Å². The summed E-state index contributed by atoms with van der Waals surface area (Å²) < 4.78 is 0. The summed E-state index contributed by atoms with van der Waals surface area (Å²) in [4.78, 5) is 8.23. The Labute approximate surface area is 94.0 Å². The number of hydrogen-bond acceptors (Lipinski definition) is 5. The van der Waals surface area contributed by atoms with E-state index in [0.717, 1.165) is 10.3 Å². The molecule has 1 aromatic rings. The van der Waals surface area contributed by atoms with Crippen LogP contribution in [0.15, 0.2) is 17.4 Å². The molecule has 0 bridgehead atoms. The molecule has 0 atom stereocenters. The zero-order chi connectivity index (χ0) is 10.5. The van der Waals surface area contributed by atoms with Gasteiger partial charge in [0.1, 0.15) is 17.2 Å². The highest BCUT2D eigenvalue weighted by molar-refractivity contribution is 7.99. The fourth-order valence-corrected chi connectivity index (χ4v) is 3.03. The molecule has 3 N–H and O–H groups in total. The second kappa shape index (κ2) is 5.32. The monoisotopic (exact) mass is 224 g/mol. The normalized spacial score (nSPS) is 17.7. The van der Waals surface area contributed by atoms with E-state index in [-0.39, 0.29) is 0 Å². The maximum absolute atomic E-state index is 5.30. The zero-order valence-corrected chi connectivity index (χ0v) is 9.46. The van der Waals surface area contributed by atoms with Gasteiger partial charge < -0.3 is 5.43 Å². The number of nitrogens with two attached hydrogens (primary N) is 1. The summed E-state index contributed by atoms with van der Waals surface area (Å²) in [5.74, 6) is 5.99. The average molecular weight is 224 g/mol. The summed E-state index contributed by atoms with van der Waals surface area (Å²) in [5.41, 5.74) is 2.54. The van der Waals surface area contributed by atoms with Gasteiger partial charge in [-0.3, -0.25) is 0 Å². The highest BCUT2D eigenvalue weighted by atomic mass is 32.2. The lowest BCUT2D eigenvalue weighted by Gasteiger charge is -2.20. The number of nitrogen functional groups attached to an aromatic ring is 1. The molecule has 0 radical (unpaired) electrons. The third-order valence-corrected chi connectivity index (χ3v) is 3.90. The van der Waals surface area contributed by atoms with E-state index in [1.165, 1.54) is 32.1 Å². The summed E-state index contributed by atoms with van der Waals surface area (Å²) in [5, 5.41) is 1.74. The van der Waals surface area contributed by atoms with E-state index in [1.54, 1.807) is 6.33 Å². The number of nitrogens with one attached hydrogen (secondary N) is 1. The van der Waals surface area contributed by atoms with Crippen LogP contribution >= 0.6 is 11.8 Å². The number of aromatic nitrogens is 2. The number of anilines is 1. The molecule has 82 valence electrons. The van der Waals surface area contributed by atoms with E-state index >= 15 is 0 Å². The van der Waals surface area contributed by atoms with Crippen molar-refractivity contribution in [2.45, 2.75) is 42.4 Å². The van der Waals surface area contributed by atoms with Crippen molar-refractivity contribution in [1.29, 1.82) is 0 Å². The molecule has 2 rings (SSSR count). The number of rotatable bonds is 3. The minimum atomic E-state index is 0.684. The first kappa shape index (κ1) is 10.7. The highest BCUT2D eigenvalue weighted by Gasteiger charge is 2.15. The van der Waals surface area contributed by atoms with Crippen LogP contribution in [0.25, 0.3) is 0 Å². The third kappa shape index (κ3) is 3.07. The fourth-order valence-electron chi connectivity index (χ4n) is 1.84. The Bertz CT molecular complexity index is 312. The van der Waals surface area contributed by atoms with Crippen molar-refractivity contribution in [3.8, 4) is 0 Å². The molecule has 0 spiro atoms. The third-order valence-electron chi connectivity index (χ3n) is 2.63. The van der Waals surface area contributed by atoms with Crippen molar-refractivity contribution in [3.05, 3.63) is 12.4 Å². The zero-order valence-electron chi connectivity index (χ0n) is 8.65. The van der Waals surface area contributed by atoms with E-state index in [0.29, 0.717) is 5.82 Å². The van der Waals surface area contributed by atoms with Crippen LogP contribution in [-0.4, -0.2) is 15.2 Å². The van der Waals surface area contributed by atoms with Gasteiger partial charge in [0, 0.05) is 11.3 Å². The van der Waals surface area contributed by atoms with E-state index in [2.05, 4.69) is 15.4 Å². The Morgan fingerprint density at radius 2 is 2.07 bits per heavy atom. The maximum atomic E-state index is 5.30. The van der Waals surface area contributed by atoms with Crippen LogP contribution in [0, 0.1) is 0 Å². The van der Waals surface area contributed by atoms with Gasteiger partial charge in [-0.15, -0.1) is 11.8 Å². The van der Waals surface area contributed by atoms with E-state index < -0.39 is 0 Å². The first-order chi connectivity index (χ1) is 7.38. The topological polar surface area (TPSA) is 63.8 Å². The van der Waals surface area contributed by atoms with Crippen LogP contribution in [0.4, 0.5) is 5.82 Å². The number of thioether (sulfide) groups is 1. The second-order valence-corrected chi connectivity index (χ2v) is 5.08. The van der Waals surface area contributed by atoms with Crippen molar-refractivity contribution in [2.24, 2.45) is 5.84 Å². The van der Waals surface area contributed by atoms with Crippen LogP contribution in [0.1, 0.15) is 32.1 Å². The lowest BCUT2D eigenvalue weighted by atomic mass is 10.0. The summed E-state index contributed by atoms with van der Waals surface area (Å²) >= 11 is 1.85. The first-order valence-corrected chi connectivity index (χ1v) is 6.22. The van der Waals surface area contributed by atoms with Crippen LogP contribution in [0.5, 0.6) is 0 Å². The molecule has 15 heavy (non-hydrogen) atoms. The molecule has 0 aliphatic heterocycles. The van der Waals surface area contributed by atoms with Gasteiger partial charge in [0.2, 0.25) is 0 Å².